The Morgan fingerprint density at radius 2 is 1.68 bits per heavy atom. The summed E-state index contributed by atoms with van der Waals surface area (Å²) in [5.41, 5.74) is 0.101. The SMILES string of the molecule is CCOc1cc(C(=O)O)cc(OCC)c1OCNC. The normalized spacial score (nSPS) is 10.1. The number of carboxylic acids is 1. The molecule has 6 nitrogen and oxygen atoms in total. The van der Waals surface area contributed by atoms with E-state index in [1.807, 2.05) is 13.8 Å². The van der Waals surface area contributed by atoms with Gasteiger partial charge in [0.25, 0.3) is 0 Å². The van der Waals surface area contributed by atoms with Crippen LogP contribution in [-0.2, 0) is 0 Å². The fourth-order valence-corrected chi connectivity index (χ4v) is 1.51. The number of aromatic carboxylic acids is 1. The Bertz CT molecular complexity index is 406. The smallest absolute Gasteiger partial charge is 0.335 e. The molecule has 0 radical (unpaired) electrons. The Labute approximate surface area is 112 Å². The number of carboxylic acid groups (broad SMARTS) is 1. The molecular weight excluding hydrogens is 250 g/mol. The second-order valence-electron chi connectivity index (χ2n) is 3.62. The third-order valence-electron chi connectivity index (χ3n) is 2.23. The molecule has 2 N–H and O–H groups in total. The van der Waals surface area contributed by atoms with Gasteiger partial charge in [-0.1, -0.05) is 0 Å². The summed E-state index contributed by atoms with van der Waals surface area (Å²) < 4.78 is 16.3. The molecule has 0 aliphatic carbocycles. The molecule has 0 heterocycles. The zero-order valence-corrected chi connectivity index (χ0v) is 11.4. The lowest BCUT2D eigenvalue weighted by Gasteiger charge is -2.16. The van der Waals surface area contributed by atoms with Crippen molar-refractivity contribution in [2.45, 2.75) is 13.8 Å². The predicted octanol–water partition coefficient (Wildman–Crippen LogP) is 1.74. The highest BCUT2D eigenvalue weighted by atomic mass is 16.5. The zero-order valence-electron chi connectivity index (χ0n) is 11.4. The number of hydrogen-bond donors (Lipinski definition) is 2. The largest absolute Gasteiger partial charge is 0.490 e. The van der Waals surface area contributed by atoms with Gasteiger partial charge in [-0.05, 0) is 33.0 Å². The van der Waals surface area contributed by atoms with Crippen LogP contribution in [0.5, 0.6) is 17.2 Å². The highest BCUT2D eigenvalue weighted by Crippen LogP contribution is 2.39. The van der Waals surface area contributed by atoms with Gasteiger partial charge in [-0.2, -0.15) is 0 Å². The van der Waals surface area contributed by atoms with Crippen LogP contribution in [0.4, 0.5) is 0 Å². The van der Waals surface area contributed by atoms with E-state index >= 15 is 0 Å². The number of carbonyl (C=O) groups is 1. The first kappa shape index (κ1) is 15.1. The van der Waals surface area contributed by atoms with Crippen molar-refractivity contribution in [3.63, 3.8) is 0 Å². The Hall–Kier alpha value is -1.95. The van der Waals surface area contributed by atoms with Crippen molar-refractivity contribution in [2.75, 3.05) is 27.0 Å². The van der Waals surface area contributed by atoms with Crippen LogP contribution in [0.25, 0.3) is 0 Å². The molecule has 6 heteroatoms. The van der Waals surface area contributed by atoms with Gasteiger partial charge in [-0.15, -0.1) is 0 Å². The van der Waals surface area contributed by atoms with Gasteiger partial charge in [-0.25, -0.2) is 4.79 Å². The molecule has 1 rings (SSSR count). The summed E-state index contributed by atoms with van der Waals surface area (Å²) in [5, 5.41) is 11.9. The average Bonchev–Trinajstić information content (AvgIpc) is 2.38. The van der Waals surface area contributed by atoms with E-state index in [4.69, 9.17) is 19.3 Å². The molecule has 0 aliphatic rings. The van der Waals surface area contributed by atoms with Crippen LogP contribution in [0.3, 0.4) is 0 Å². The third kappa shape index (κ3) is 4.03. The van der Waals surface area contributed by atoms with Crippen molar-refractivity contribution in [2.24, 2.45) is 0 Å². The quantitative estimate of drug-likeness (QED) is 0.700. The Kier molecular flexibility index (Phi) is 5.95. The van der Waals surface area contributed by atoms with Crippen LogP contribution >= 0.6 is 0 Å². The van der Waals surface area contributed by atoms with Crippen molar-refractivity contribution in [3.05, 3.63) is 17.7 Å². The monoisotopic (exact) mass is 269 g/mol. The van der Waals surface area contributed by atoms with Gasteiger partial charge in [0.1, 0.15) is 6.73 Å². The van der Waals surface area contributed by atoms with E-state index in [0.717, 1.165) is 0 Å². The van der Waals surface area contributed by atoms with Crippen molar-refractivity contribution in [1.29, 1.82) is 0 Å². The summed E-state index contributed by atoms with van der Waals surface area (Å²) in [6.45, 7) is 4.72. The molecule has 0 atom stereocenters. The first-order valence-electron chi connectivity index (χ1n) is 6.08. The molecule has 0 aromatic heterocycles. The predicted molar refractivity (Wildman–Crippen MR) is 70.3 cm³/mol. The van der Waals surface area contributed by atoms with E-state index in [1.54, 1.807) is 7.05 Å². The molecule has 106 valence electrons. The standard InChI is InChI=1S/C13H19NO5/c1-4-17-10-6-9(13(15)16)7-11(18-5-2)12(10)19-8-14-3/h6-7,14H,4-5,8H2,1-3H3,(H,15,16). The van der Waals surface area contributed by atoms with Crippen molar-refractivity contribution in [3.8, 4) is 17.2 Å². The van der Waals surface area contributed by atoms with Crippen molar-refractivity contribution < 1.29 is 24.1 Å². The molecule has 19 heavy (non-hydrogen) atoms. The lowest BCUT2D eigenvalue weighted by molar-refractivity contribution is 0.0695. The molecule has 0 unspecified atom stereocenters. The molecule has 0 saturated heterocycles. The summed E-state index contributed by atoms with van der Waals surface area (Å²) in [6.07, 6.45) is 0. The molecular formula is C13H19NO5. The van der Waals surface area contributed by atoms with Gasteiger partial charge in [-0.3, -0.25) is 5.32 Å². The number of ether oxygens (including phenoxy) is 3. The van der Waals surface area contributed by atoms with E-state index < -0.39 is 5.97 Å². The van der Waals surface area contributed by atoms with Crippen molar-refractivity contribution in [1.82, 2.24) is 5.32 Å². The summed E-state index contributed by atoms with van der Waals surface area (Å²) in [7, 11) is 1.74. The van der Waals surface area contributed by atoms with Gasteiger partial charge in [0.05, 0.1) is 18.8 Å². The second kappa shape index (κ2) is 7.48. The van der Waals surface area contributed by atoms with Crippen molar-refractivity contribution >= 4 is 5.97 Å². The van der Waals surface area contributed by atoms with Crippen LogP contribution < -0.4 is 19.5 Å². The van der Waals surface area contributed by atoms with Crippen LogP contribution in [0.2, 0.25) is 0 Å². The lowest BCUT2D eigenvalue weighted by atomic mass is 10.2. The van der Waals surface area contributed by atoms with E-state index in [1.165, 1.54) is 12.1 Å². The van der Waals surface area contributed by atoms with Gasteiger partial charge in [0, 0.05) is 0 Å². The molecule has 0 amide bonds. The molecule has 0 bridgehead atoms. The number of hydrogen-bond acceptors (Lipinski definition) is 5. The lowest BCUT2D eigenvalue weighted by Crippen LogP contribution is -2.16. The Morgan fingerprint density at radius 1 is 1.16 bits per heavy atom. The highest BCUT2D eigenvalue weighted by molar-refractivity contribution is 5.89. The summed E-state index contributed by atoms with van der Waals surface area (Å²) in [4.78, 5) is 11.1. The third-order valence-corrected chi connectivity index (χ3v) is 2.23. The Balaban J connectivity index is 3.23. The van der Waals surface area contributed by atoms with Gasteiger partial charge in [0.2, 0.25) is 5.75 Å². The maximum atomic E-state index is 11.1. The van der Waals surface area contributed by atoms with Crippen LogP contribution in [0.15, 0.2) is 12.1 Å². The molecule has 1 aromatic rings. The maximum Gasteiger partial charge on any atom is 0.335 e. The number of nitrogens with one attached hydrogen (secondary N) is 1. The molecule has 1 aromatic carbocycles. The van der Waals surface area contributed by atoms with Gasteiger partial charge >= 0.3 is 5.97 Å². The first-order valence-corrected chi connectivity index (χ1v) is 6.08. The first-order chi connectivity index (χ1) is 9.13. The fraction of sp³-hybridized carbons (Fsp3) is 0.462. The van der Waals surface area contributed by atoms with Gasteiger partial charge in [0.15, 0.2) is 11.5 Å². The summed E-state index contributed by atoms with van der Waals surface area (Å²) in [6, 6.07) is 2.86. The summed E-state index contributed by atoms with van der Waals surface area (Å²) in [5.74, 6) is 0.0901. The Morgan fingerprint density at radius 3 is 2.05 bits per heavy atom. The molecule has 0 fully saturated rings. The van der Waals surface area contributed by atoms with E-state index in [-0.39, 0.29) is 12.3 Å². The second-order valence-corrected chi connectivity index (χ2v) is 3.62. The number of rotatable bonds is 8. The zero-order chi connectivity index (χ0) is 14.3. The average molecular weight is 269 g/mol. The summed E-state index contributed by atoms with van der Waals surface area (Å²) >= 11 is 0. The van der Waals surface area contributed by atoms with Crippen LogP contribution in [0, 0.1) is 0 Å². The molecule has 0 aliphatic heterocycles. The fourth-order valence-electron chi connectivity index (χ4n) is 1.51. The van der Waals surface area contributed by atoms with Crippen LogP contribution in [0.1, 0.15) is 24.2 Å². The molecule has 0 spiro atoms. The van der Waals surface area contributed by atoms with Gasteiger partial charge < -0.3 is 19.3 Å². The minimum absolute atomic E-state index is 0.101. The highest BCUT2D eigenvalue weighted by Gasteiger charge is 2.17. The number of benzene rings is 1. The van der Waals surface area contributed by atoms with E-state index in [9.17, 15) is 4.79 Å². The van der Waals surface area contributed by atoms with E-state index in [0.29, 0.717) is 30.5 Å². The van der Waals surface area contributed by atoms with Crippen LogP contribution in [-0.4, -0.2) is 38.1 Å². The topological polar surface area (TPSA) is 77.0 Å². The minimum Gasteiger partial charge on any atom is -0.490 e. The molecule has 0 saturated carbocycles. The minimum atomic E-state index is -1.04. The maximum absolute atomic E-state index is 11.1. The van der Waals surface area contributed by atoms with E-state index in [2.05, 4.69) is 5.32 Å².